The third-order valence-corrected chi connectivity index (χ3v) is 5.01. The van der Waals surface area contributed by atoms with Crippen molar-refractivity contribution < 1.29 is 22.8 Å². The van der Waals surface area contributed by atoms with E-state index in [9.17, 15) is 8.78 Å². The number of nitrogens with zero attached hydrogens (tertiary/aromatic N) is 4. The lowest BCUT2D eigenvalue weighted by molar-refractivity contribution is 0.00326. The van der Waals surface area contributed by atoms with Crippen molar-refractivity contribution in [2.45, 2.75) is 19.3 Å². The van der Waals surface area contributed by atoms with Crippen LogP contribution in [0, 0.1) is 11.6 Å². The van der Waals surface area contributed by atoms with Crippen LogP contribution in [0.15, 0.2) is 53.3 Å². The van der Waals surface area contributed by atoms with Gasteiger partial charge in [0.05, 0.1) is 32.3 Å². The molecule has 0 spiro atoms. The van der Waals surface area contributed by atoms with Gasteiger partial charge in [-0.3, -0.25) is 0 Å². The molecule has 4 aromatic rings. The van der Waals surface area contributed by atoms with Crippen LogP contribution in [0.5, 0.6) is 5.75 Å². The van der Waals surface area contributed by atoms with Crippen LogP contribution in [0.1, 0.15) is 17.4 Å². The molecule has 0 bridgehead atoms. The lowest BCUT2D eigenvalue weighted by atomic mass is 10.1. The number of hydrogen-bond donors (Lipinski definition) is 0. The van der Waals surface area contributed by atoms with E-state index in [4.69, 9.17) is 14.0 Å². The van der Waals surface area contributed by atoms with Crippen LogP contribution in [0.3, 0.4) is 0 Å². The second kappa shape index (κ2) is 7.34. The SMILES string of the molecule is COc1ccc(-c2noc(-c3ncn4c3CO[C@H](c3ccc(F)cc3)C4)n2)cc1F. The normalized spacial score (nSPS) is 15.8. The molecule has 0 unspecified atom stereocenters. The highest BCUT2D eigenvalue weighted by Crippen LogP contribution is 2.32. The Morgan fingerprint density at radius 3 is 2.73 bits per heavy atom. The maximum atomic E-state index is 14.0. The first kappa shape index (κ1) is 18.4. The predicted octanol–water partition coefficient (Wildman–Crippen LogP) is 4.16. The average molecular weight is 410 g/mol. The number of methoxy groups -OCH3 is 1. The topological polar surface area (TPSA) is 75.2 Å². The van der Waals surface area contributed by atoms with Crippen molar-refractivity contribution in [3.63, 3.8) is 0 Å². The van der Waals surface area contributed by atoms with E-state index in [1.54, 1.807) is 24.5 Å². The smallest absolute Gasteiger partial charge is 0.278 e. The van der Waals surface area contributed by atoms with E-state index in [-0.39, 0.29) is 36.0 Å². The van der Waals surface area contributed by atoms with E-state index in [0.29, 0.717) is 17.8 Å². The van der Waals surface area contributed by atoms with Crippen molar-refractivity contribution in [3.8, 4) is 28.7 Å². The van der Waals surface area contributed by atoms with E-state index in [1.165, 1.54) is 31.4 Å². The molecule has 30 heavy (non-hydrogen) atoms. The standard InChI is InChI=1S/C21H16F2N4O3/c1-28-17-7-4-13(8-15(17)23)20-25-21(30-26-20)19-16-10-29-18(9-27(16)11-24-19)12-2-5-14(22)6-3-12/h2-8,11,18H,9-10H2,1H3/t18-/m0/s1. The molecule has 5 rings (SSSR count). The van der Waals surface area contributed by atoms with Crippen LogP contribution in [-0.2, 0) is 17.9 Å². The van der Waals surface area contributed by atoms with Gasteiger partial charge in [0.2, 0.25) is 5.82 Å². The summed E-state index contributed by atoms with van der Waals surface area (Å²) < 4.78 is 45.3. The molecule has 0 amide bonds. The Morgan fingerprint density at radius 1 is 1.13 bits per heavy atom. The Labute approximate surface area is 169 Å². The zero-order chi connectivity index (χ0) is 20.7. The summed E-state index contributed by atoms with van der Waals surface area (Å²) >= 11 is 0. The van der Waals surface area contributed by atoms with Crippen molar-refractivity contribution in [2.24, 2.45) is 0 Å². The first-order chi connectivity index (χ1) is 14.6. The summed E-state index contributed by atoms with van der Waals surface area (Å²) in [5.41, 5.74) is 2.66. The highest BCUT2D eigenvalue weighted by Gasteiger charge is 2.26. The maximum Gasteiger partial charge on any atom is 0.278 e. The first-order valence-corrected chi connectivity index (χ1v) is 9.21. The van der Waals surface area contributed by atoms with Gasteiger partial charge >= 0.3 is 0 Å². The molecule has 7 nitrogen and oxygen atoms in total. The minimum absolute atomic E-state index is 0.137. The minimum Gasteiger partial charge on any atom is -0.494 e. The van der Waals surface area contributed by atoms with E-state index in [0.717, 1.165) is 11.3 Å². The van der Waals surface area contributed by atoms with Gasteiger partial charge in [0.1, 0.15) is 11.9 Å². The van der Waals surface area contributed by atoms with Gasteiger partial charge in [-0.05, 0) is 35.9 Å². The Kier molecular flexibility index (Phi) is 4.51. The summed E-state index contributed by atoms with van der Waals surface area (Å²) in [6.07, 6.45) is 1.47. The largest absolute Gasteiger partial charge is 0.494 e. The molecule has 0 saturated carbocycles. The van der Waals surface area contributed by atoms with Gasteiger partial charge < -0.3 is 18.6 Å². The molecule has 9 heteroatoms. The zero-order valence-electron chi connectivity index (χ0n) is 15.9. The molecule has 3 heterocycles. The Morgan fingerprint density at radius 2 is 1.97 bits per heavy atom. The molecule has 1 aliphatic rings. The molecule has 0 fully saturated rings. The highest BCUT2D eigenvalue weighted by atomic mass is 19.1. The van der Waals surface area contributed by atoms with Gasteiger partial charge in [-0.15, -0.1) is 0 Å². The van der Waals surface area contributed by atoms with Crippen LogP contribution in [0.4, 0.5) is 8.78 Å². The third kappa shape index (κ3) is 3.22. The van der Waals surface area contributed by atoms with Crippen LogP contribution in [-0.4, -0.2) is 26.8 Å². The molecule has 2 aromatic carbocycles. The average Bonchev–Trinajstić information content (AvgIpc) is 3.41. The third-order valence-electron chi connectivity index (χ3n) is 5.01. The Balaban J connectivity index is 1.40. The summed E-state index contributed by atoms with van der Waals surface area (Å²) in [5, 5.41) is 3.94. The molecule has 152 valence electrons. The summed E-state index contributed by atoms with van der Waals surface area (Å²) in [4.78, 5) is 8.75. The lowest BCUT2D eigenvalue weighted by Crippen LogP contribution is -2.20. The summed E-state index contributed by atoms with van der Waals surface area (Å²) in [6, 6.07) is 10.7. The molecule has 0 radical (unpaired) electrons. The number of halogens is 2. The van der Waals surface area contributed by atoms with Gasteiger partial charge in [-0.2, -0.15) is 4.98 Å². The minimum atomic E-state index is -0.513. The number of aromatic nitrogens is 4. The van der Waals surface area contributed by atoms with E-state index < -0.39 is 5.82 Å². The molecule has 1 atom stereocenters. The highest BCUT2D eigenvalue weighted by molar-refractivity contribution is 5.60. The number of benzene rings is 2. The van der Waals surface area contributed by atoms with E-state index in [2.05, 4.69) is 15.1 Å². The van der Waals surface area contributed by atoms with Gasteiger partial charge in [0, 0.05) is 5.56 Å². The Bertz CT molecular complexity index is 1200. The van der Waals surface area contributed by atoms with Crippen molar-refractivity contribution in [3.05, 3.63) is 71.7 Å². The van der Waals surface area contributed by atoms with Crippen molar-refractivity contribution >= 4 is 0 Å². The fraction of sp³-hybridized carbons (Fsp3) is 0.190. The quantitative estimate of drug-likeness (QED) is 0.503. The number of ether oxygens (including phenoxy) is 2. The van der Waals surface area contributed by atoms with Gasteiger partial charge in [0.25, 0.3) is 5.89 Å². The fourth-order valence-corrected chi connectivity index (χ4v) is 3.43. The first-order valence-electron chi connectivity index (χ1n) is 9.21. The van der Waals surface area contributed by atoms with Crippen LogP contribution < -0.4 is 4.74 Å². The Hall–Kier alpha value is -3.59. The van der Waals surface area contributed by atoms with Crippen molar-refractivity contribution in [1.82, 2.24) is 19.7 Å². The lowest BCUT2D eigenvalue weighted by Gasteiger charge is -2.25. The summed E-state index contributed by atoms with van der Waals surface area (Å²) in [7, 11) is 1.40. The number of fused-ring (bicyclic) bond motifs is 1. The molecule has 1 aliphatic heterocycles. The molecule has 0 aliphatic carbocycles. The molecule has 0 N–H and O–H groups in total. The van der Waals surface area contributed by atoms with E-state index in [1.807, 2.05) is 4.57 Å². The predicted molar refractivity (Wildman–Crippen MR) is 101 cm³/mol. The summed E-state index contributed by atoms with van der Waals surface area (Å²) in [6.45, 7) is 0.810. The van der Waals surface area contributed by atoms with Crippen molar-refractivity contribution in [2.75, 3.05) is 7.11 Å². The second-order valence-corrected chi connectivity index (χ2v) is 6.82. The molecular weight excluding hydrogens is 394 g/mol. The zero-order valence-corrected chi connectivity index (χ0v) is 15.9. The second-order valence-electron chi connectivity index (χ2n) is 6.82. The number of hydrogen-bond acceptors (Lipinski definition) is 6. The summed E-state index contributed by atoms with van der Waals surface area (Å²) in [5.74, 6) is -0.198. The van der Waals surface area contributed by atoms with Crippen LogP contribution in [0.25, 0.3) is 23.0 Å². The molecule has 0 saturated heterocycles. The molecule has 2 aromatic heterocycles. The van der Waals surface area contributed by atoms with Gasteiger partial charge in [-0.25, -0.2) is 13.8 Å². The van der Waals surface area contributed by atoms with E-state index >= 15 is 0 Å². The maximum absolute atomic E-state index is 14.0. The van der Waals surface area contributed by atoms with Gasteiger partial charge in [-0.1, -0.05) is 17.3 Å². The fourth-order valence-electron chi connectivity index (χ4n) is 3.43. The molecular formula is C21H16F2N4O3. The van der Waals surface area contributed by atoms with Crippen LogP contribution in [0.2, 0.25) is 0 Å². The number of imidazole rings is 1. The van der Waals surface area contributed by atoms with Gasteiger partial charge in [0.15, 0.2) is 17.3 Å². The number of rotatable bonds is 4. The van der Waals surface area contributed by atoms with Crippen LogP contribution >= 0.6 is 0 Å². The van der Waals surface area contributed by atoms with Crippen molar-refractivity contribution in [1.29, 1.82) is 0 Å². The monoisotopic (exact) mass is 410 g/mol.